The Kier molecular flexibility index (Phi) is 6.62. The van der Waals surface area contributed by atoms with Crippen LogP contribution in [-0.4, -0.2) is 0 Å². The molecule has 0 heterocycles. The summed E-state index contributed by atoms with van der Waals surface area (Å²) in [5, 5.41) is 0. The van der Waals surface area contributed by atoms with Gasteiger partial charge in [-0.25, -0.2) is 0 Å². The summed E-state index contributed by atoms with van der Waals surface area (Å²) in [4.78, 5) is 0. The predicted molar refractivity (Wildman–Crippen MR) is 61.7 cm³/mol. The van der Waals surface area contributed by atoms with Gasteiger partial charge in [-0.3, -0.25) is 0 Å². The van der Waals surface area contributed by atoms with Crippen LogP contribution in [0.25, 0.3) is 0 Å². The Balaban J connectivity index is 4.51. The molecule has 0 saturated carbocycles. The Hall–Kier alpha value is -1.30. The van der Waals surface area contributed by atoms with Crippen molar-refractivity contribution in [2.45, 2.75) is 20.8 Å². The zero-order valence-electron chi connectivity index (χ0n) is 8.75. The number of hydrogen-bond donors (Lipinski definition) is 0. The molecule has 0 aromatic carbocycles. The molecular formula is C13H18. The van der Waals surface area contributed by atoms with Crippen molar-refractivity contribution in [3.05, 3.63) is 60.3 Å². The highest BCUT2D eigenvalue weighted by Crippen LogP contribution is 2.04. The summed E-state index contributed by atoms with van der Waals surface area (Å²) in [6.07, 6.45) is 14.1. The lowest BCUT2D eigenvalue weighted by atomic mass is 10.1. The zero-order chi connectivity index (χ0) is 10.1. The van der Waals surface area contributed by atoms with Gasteiger partial charge < -0.3 is 0 Å². The molecule has 0 amide bonds. The zero-order valence-corrected chi connectivity index (χ0v) is 8.75. The summed E-state index contributed by atoms with van der Waals surface area (Å²) in [5.41, 5.74) is 2.38. The number of allylic oxidation sites excluding steroid dienone is 9. The Labute approximate surface area is 81.7 Å². The first-order valence-electron chi connectivity index (χ1n) is 4.51. The second-order valence-electron chi connectivity index (χ2n) is 2.77. The molecule has 0 aromatic heterocycles. The van der Waals surface area contributed by atoms with Crippen LogP contribution in [-0.2, 0) is 0 Å². The van der Waals surface area contributed by atoms with Gasteiger partial charge >= 0.3 is 0 Å². The molecular weight excluding hydrogens is 156 g/mol. The maximum absolute atomic E-state index is 3.76. The SMILES string of the molecule is C=CC(/C=C\C=C/C)=C\C(C)=C/C. The van der Waals surface area contributed by atoms with Gasteiger partial charge in [0.1, 0.15) is 0 Å². The summed E-state index contributed by atoms with van der Waals surface area (Å²) < 4.78 is 0. The Morgan fingerprint density at radius 1 is 1.15 bits per heavy atom. The minimum absolute atomic E-state index is 1.13. The van der Waals surface area contributed by atoms with E-state index >= 15 is 0 Å². The van der Waals surface area contributed by atoms with E-state index in [1.807, 2.05) is 44.2 Å². The van der Waals surface area contributed by atoms with Crippen LogP contribution < -0.4 is 0 Å². The Morgan fingerprint density at radius 3 is 2.31 bits per heavy atom. The lowest BCUT2D eigenvalue weighted by molar-refractivity contribution is 1.45. The fraction of sp³-hybridized carbons (Fsp3) is 0.231. The van der Waals surface area contributed by atoms with Crippen molar-refractivity contribution in [1.82, 2.24) is 0 Å². The minimum Gasteiger partial charge on any atom is -0.0985 e. The third-order valence-electron chi connectivity index (χ3n) is 1.68. The van der Waals surface area contributed by atoms with Gasteiger partial charge in [0, 0.05) is 0 Å². The van der Waals surface area contributed by atoms with E-state index in [1.165, 1.54) is 5.57 Å². The largest absolute Gasteiger partial charge is 0.0985 e. The first-order valence-corrected chi connectivity index (χ1v) is 4.51. The van der Waals surface area contributed by atoms with Crippen molar-refractivity contribution in [2.24, 2.45) is 0 Å². The molecule has 0 rings (SSSR count). The highest BCUT2D eigenvalue weighted by atomic mass is 13.9. The minimum atomic E-state index is 1.13. The highest BCUT2D eigenvalue weighted by molar-refractivity contribution is 5.36. The molecule has 0 heteroatoms. The van der Waals surface area contributed by atoms with E-state index in [4.69, 9.17) is 0 Å². The van der Waals surface area contributed by atoms with E-state index in [0.29, 0.717) is 0 Å². The second kappa shape index (κ2) is 7.35. The van der Waals surface area contributed by atoms with E-state index in [-0.39, 0.29) is 0 Å². The molecule has 0 aromatic rings. The lowest BCUT2D eigenvalue weighted by Gasteiger charge is -1.93. The lowest BCUT2D eigenvalue weighted by Crippen LogP contribution is -1.73. The first kappa shape index (κ1) is 11.7. The van der Waals surface area contributed by atoms with Gasteiger partial charge in [-0.15, -0.1) is 0 Å². The van der Waals surface area contributed by atoms with Gasteiger partial charge in [0.25, 0.3) is 0 Å². The van der Waals surface area contributed by atoms with Crippen molar-refractivity contribution >= 4 is 0 Å². The molecule has 0 radical (unpaired) electrons. The molecule has 0 fully saturated rings. The molecule has 0 atom stereocenters. The monoisotopic (exact) mass is 174 g/mol. The fourth-order valence-electron chi connectivity index (χ4n) is 0.799. The average molecular weight is 174 g/mol. The van der Waals surface area contributed by atoms with Crippen LogP contribution >= 0.6 is 0 Å². The van der Waals surface area contributed by atoms with E-state index in [0.717, 1.165) is 5.57 Å². The third-order valence-corrected chi connectivity index (χ3v) is 1.68. The van der Waals surface area contributed by atoms with Crippen molar-refractivity contribution in [1.29, 1.82) is 0 Å². The van der Waals surface area contributed by atoms with Gasteiger partial charge in [-0.1, -0.05) is 54.7 Å². The smallest absolute Gasteiger partial charge is 0.0260 e. The Bertz CT molecular complexity index is 260. The molecule has 0 bridgehead atoms. The molecule has 13 heavy (non-hydrogen) atoms. The molecule has 0 unspecified atom stereocenters. The highest BCUT2D eigenvalue weighted by Gasteiger charge is 1.84. The topological polar surface area (TPSA) is 0 Å². The molecule has 0 spiro atoms. The molecule has 0 saturated heterocycles. The molecule has 0 N–H and O–H groups in total. The van der Waals surface area contributed by atoms with Gasteiger partial charge in [0.15, 0.2) is 0 Å². The average Bonchev–Trinajstić information content (AvgIpc) is 2.16. The van der Waals surface area contributed by atoms with Crippen molar-refractivity contribution in [3.8, 4) is 0 Å². The summed E-state index contributed by atoms with van der Waals surface area (Å²) in [6.45, 7) is 9.86. The second-order valence-corrected chi connectivity index (χ2v) is 2.77. The van der Waals surface area contributed by atoms with Crippen LogP contribution in [0.2, 0.25) is 0 Å². The van der Waals surface area contributed by atoms with Gasteiger partial charge in [-0.2, -0.15) is 0 Å². The Morgan fingerprint density at radius 2 is 1.85 bits per heavy atom. The maximum atomic E-state index is 3.76. The summed E-state index contributed by atoms with van der Waals surface area (Å²) >= 11 is 0. The molecule has 0 aliphatic carbocycles. The van der Waals surface area contributed by atoms with Crippen LogP contribution in [0, 0.1) is 0 Å². The van der Waals surface area contributed by atoms with Crippen molar-refractivity contribution in [2.75, 3.05) is 0 Å². The fourth-order valence-corrected chi connectivity index (χ4v) is 0.799. The summed E-state index contributed by atoms with van der Waals surface area (Å²) in [6, 6.07) is 0. The van der Waals surface area contributed by atoms with Gasteiger partial charge in [0.05, 0.1) is 0 Å². The van der Waals surface area contributed by atoms with E-state index < -0.39 is 0 Å². The van der Waals surface area contributed by atoms with Crippen LogP contribution in [0.4, 0.5) is 0 Å². The van der Waals surface area contributed by atoms with Crippen LogP contribution in [0.5, 0.6) is 0 Å². The quantitative estimate of drug-likeness (QED) is 0.560. The van der Waals surface area contributed by atoms with Crippen LogP contribution in [0.1, 0.15) is 20.8 Å². The molecule has 0 aliphatic heterocycles. The molecule has 0 nitrogen and oxygen atoms in total. The molecule has 0 aliphatic rings. The summed E-state index contributed by atoms with van der Waals surface area (Å²) in [7, 11) is 0. The number of rotatable bonds is 4. The predicted octanol–water partition coefficient (Wildman–Crippen LogP) is 4.20. The van der Waals surface area contributed by atoms with Crippen LogP contribution in [0.3, 0.4) is 0 Å². The van der Waals surface area contributed by atoms with Gasteiger partial charge in [0.2, 0.25) is 0 Å². The summed E-state index contributed by atoms with van der Waals surface area (Å²) in [5.74, 6) is 0. The standard InChI is InChI=1S/C13H18/c1-5-8-9-10-13(7-3)11-12(4)6-2/h5-11H,3H2,1-2,4H3/b8-5-,10-9-,12-6-,13-11+. The maximum Gasteiger partial charge on any atom is -0.0260 e. The van der Waals surface area contributed by atoms with Crippen molar-refractivity contribution in [3.63, 3.8) is 0 Å². The van der Waals surface area contributed by atoms with E-state index in [2.05, 4.69) is 25.7 Å². The first-order chi connectivity index (χ1) is 6.24. The molecule has 70 valence electrons. The normalized spacial score (nSPS) is 14.4. The van der Waals surface area contributed by atoms with Crippen LogP contribution in [0.15, 0.2) is 60.3 Å². The van der Waals surface area contributed by atoms with Crippen molar-refractivity contribution < 1.29 is 0 Å². The van der Waals surface area contributed by atoms with E-state index in [9.17, 15) is 0 Å². The van der Waals surface area contributed by atoms with E-state index in [1.54, 1.807) is 0 Å². The third kappa shape index (κ3) is 5.92. The van der Waals surface area contributed by atoms with Gasteiger partial charge in [-0.05, 0) is 26.3 Å². The number of hydrogen-bond acceptors (Lipinski definition) is 0.